The molecular weight excluding hydrogens is 637 g/mol. The lowest BCUT2D eigenvalue weighted by Gasteiger charge is -2.23. The van der Waals surface area contributed by atoms with Gasteiger partial charge in [0.2, 0.25) is 5.91 Å². The highest BCUT2D eigenvalue weighted by molar-refractivity contribution is 7.92. The summed E-state index contributed by atoms with van der Waals surface area (Å²) in [5.74, 6) is -0.514. The van der Waals surface area contributed by atoms with Crippen LogP contribution >= 0.6 is 11.3 Å². The molecule has 0 aliphatic heterocycles. The Hall–Kier alpha value is -4.59. The summed E-state index contributed by atoms with van der Waals surface area (Å²) in [7, 11) is -2.62. The highest BCUT2D eigenvalue weighted by atomic mass is 32.2. The van der Waals surface area contributed by atoms with Crippen molar-refractivity contribution in [3.63, 3.8) is 0 Å². The molecular formula is C34H38N6O5S2. The van der Waals surface area contributed by atoms with Crippen LogP contribution in [0.25, 0.3) is 0 Å². The molecule has 1 aliphatic carbocycles. The van der Waals surface area contributed by atoms with Crippen molar-refractivity contribution in [2.75, 3.05) is 31.0 Å². The molecule has 4 N–H and O–H groups in total. The van der Waals surface area contributed by atoms with Gasteiger partial charge in [-0.2, -0.15) is 0 Å². The number of thiazole rings is 1. The van der Waals surface area contributed by atoms with Crippen molar-refractivity contribution in [1.82, 2.24) is 26.3 Å². The van der Waals surface area contributed by atoms with Gasteiger partial charge in [-0.15, -0.1) is 11.3 Å². The number of hydrogen-bond donors (Lipinski definition) is 4. The van der Waals surface area contributed by atoms with E-state index in [1.54, 1.807) is 29.8 Å². The molecule has 11 nitrogen and oxygen atoms in total. The van der Waals surface area contributed by atoms with Gasteiger partial charge < -0.3 is 21.3 Å². The van der Waals surface area contributed by atoms with Gasteiger partial charge in [0.05, 0.1) is 23.7 Å². The van der Waals surface area contributed by atoms with Crippen molar-refractivity contribution in [3.05, 3.63) is 112 Å². The summed E-state index contributed by atoms with van der Waals surface area (Å²) in [6.07, 6.45) is 4.40. The number of nitrogens with one attached hydrogen (secondary N) is 4. The first-order valence-electron chi connectivity index (χ1n) is 15.4. The lowest BCUT2D eigenvalue weighted by atomic mass is 10.0. The molecule has 1 fully saturated rings. The first-order valence-corrected chi connectivity index (χ1v) is 17.7. The average Bonchev–Trinajstić information content (AvgIpc) is 3.78. The van der Waals surface area contributed by atoms with Crippen molar-refractivity contribution in [1.29, 1.82) is 0 Å². The average molecular weight is 675 g/mol. The van der Waals surface area contributed by atoms with E-state index in [0.717, 1.165) is 22.7 Å². The van der Waals surface area contributed by atoms with Crippen LogP contribution in [0.15, 0.2) is 95.3 Å². The maximum Gasteiger partial charge on any atom is 0.264 e. The highest BCUT2D eigenvalue weighted by Gasteiger charge is 2.25. The molecule has 47 heavy (non-hydrogen) atoms. The summed E-state index contributed by atoms with van der Waals surface area (Å²) in [5, 5.41) is 14.4. The second-order valence-corrected chi connectivity index (χ2v) is 14.3. The fourth-order valence-corrected chi connectivity index (χ4v) is 6.64. The lowest BCUT2D eigenvalue weighted by Crippen LogP contribution is -2.46. The smallest absolute Gasteiger partial charge is 0.264 e. The van der Waals surface area contributed by atoms with Gasteiger partial charge >= 0.3 is 0 Å². The standard InChI is InChI=1S/C34H38N6O5S2/c1-40(47(44,45)30-10-6-3-7-11-30)29-18-26(33(42)38-23-32-36-14-15-46-32)17-27(19-29)34(43)39-28(16-24-8-4-2-5-9-24)21-35-22-31(41)37-20-25-12-13-25/h2-11,14-15,17-19,25,28,35H,12-13,16,20-23H2,1H3,(H,37,41)(H,38,42)(H,39,43)/t28-/m0/s1. The topological polar surface area (TPSA) is 150 Å². The predicted octanol–water partition coefficient (Wildman–Crippen LogP) is 3.36. The van der Waals surface area contributed by atoms with Crippen LogP contribution in [0.2, 0.25) is 0 Å². The number of hydrogen-bond acceptors (Lipinski definition) is 8. The maximum atomic E-state index is 13.8. The van der Waals surface area contributed by atoms with Gasteiger partial charge in [0.15, 0.2) is 0 Å². The van der Waals surface area contributed by atoms with Gasteiger partial charge in [0.1, 0.15) is 5.01 Å². The minimum absolute atomic E-state index is 0.0716. The minimum atomic E-state index is -4.00. The van der Waals surface area contributed by atoms with E-state index in [0.29, 0.717) is 30.4 Å². The molecule has 0 bridgehead atoms. The number of amides is 3. The normalized spacial score (nSPS) is 13.4. The zero-order valence-electron chi connectivity index (χ0n) is 26.0. The van der Waals surface area contributed by atoms with Crippen molar-refractivity contribution >= 4 is 44.8 Å². The highest BCUT2D eigenvalue weighted by Crippen LogP contribution is 2.27. The molecule has 5 rings (SSSR count). The molecule has 0 unspecified atom stereocenters. The van der Waals surface area contributed by atoms with Gasteiger partial charge in [0.25, 0.3) is 21.8 Å². The third-order valence-electron chi connectivity index (χ3n) is 7.71. The monoisotopic (exact) mass is 674 g/mol. The molecule has 1 saturated carbocycles. The summed E-state index contributed by atoms with van der Waals surface area (Å²) < 4.78 is 28.0. The van der Waals surface area contributed by atoms with E-state index in [4.69, 9.17) is 0 Å². The summed E-state index contributed by atoms with van der Waals surface area (Å²) in [5.41, 5.74) is 1.36. The van der Waals surface area contributed by atoms with Crippen LogP contribution in [-0.4, -0.2) is 63.8 Å². The molecule has 1 aliphatic rings. The molecule has 1 heterocycles. The number of aromatic nitrogens is 1. The molecule has 0 spiro atoms. The van der Waals surface area contributed by atoms with Gasteiger partial charge in [-0.3, -0.25) is 18.7 Å². The van der Waals surface area contributed by atoms with E-state index in [9.17, 15) is 22.8 Å². The molecule has 3 amide bonds. The Kier molecular flexibility index (Phi) is 11.4. The third-order valence-corrected chi connectivity index (χ3v) is 10.3. The first kappa shape index (κ1) is 33.8. The second kappa shape index (κ2) is 15.8. The number of rotatable bonds is 16. The van der Waals surface area contributed by atoms with Gasteiger partial charge in [0, 0.05) is 48.9 Å². The first-order chi connectivity index (χ1) is 22.7. The summed E-state index contributed by atoms with van der Waals surface area (Å²) in [4.78, 5) is 43.7. The molecule has 13 heteroatoms. The Bertz CT molecular complexity index is 1770. The van der Waals surface area contributed by atoms with E-state index in [-0.39, 0.29) is 40.7 Å². The van der Waals surface area contributed by atoms with Crippen LogP contribution in [0.5, 0.6) is 0 Å². The van der Waals surface area contributed by atoms with Crippen LogP contribution < -0.4 is 25.6 Å². The fraction of sp³-hybridized carbons (Fsp3) is 0.294. The molecule has 0 saturated heterocycles. The van der Waals surface area contributed by atoms with Crippen molar-refractivity contribution in [2.24, 2.45) is 5.92 Å². The number of carbonyl (C=O) groups is 3. The number of anilines is 1. The largest absolute Gasteiger partial charge is 0.355 e. The Morgan fingerprint density at radius 1 is 0.936 bits per heavy atom. The van der Waals surface area contributed by atoms with Crippen molar-refractivity contribution in [2.45, 2.75) is 36.7 Å². The van der Waals surface area contributed by atoms with E-state index in [1.165, 1.54) is 48.7 Å². The Morgan fingerprint density at radius 3 is 2.28 bits per heavy atom. The molecule has 1 atom stereocenters. The van der Waals surface area contributed by atoms with E-state index < -0.39 is 27.9 Å². The number of benzene rings is 3. The lowest BCUT2D eigenvalue weighted by molar-refractivity contribution is -0.120. The van der Waals surface area contributed by atoms with Crippen LogP contribution in [-0.2, 0) is 27.8 Å². The third kappa shape index (κ3) is 9.70. The Labute approximate surface area is 278 Å². The maximum absolute atomic E-state index is 13.8. The summed E-state index contributed by atoms with van der Waals surface area (Å²) >= 11 is 1.39. The zero-order chi connectivity index (χ0) is 33.2. The van der Waals surface area contributed by atoms with Crippen molar-refractivity contribution in [3.8, 4) is 0 Å². The molecule has 4 aromatic rings. The molecule has 1 aromatic heterocycles. The zero-order valence-corrected chi connectivity index (χ0v) is 27.6. The minimum Gasteiger partial charge on any atom is -0.355 e. The Morgan fingerprint density at radius 2 is 1.62 bits per heavy atom. The SMILES string of the molecule is CN(c1cc(C(=O)NCc2nccs2)cc(C(=O)N[C@H](CNCC(=O)NCC2CC2)Cc2ccccc2)c1)S(=O)(=O)c1ccccc1. The van der Waals surface area contributed by atoms with Gasteiger partial charge in [-0.1, -0.05) is 48.5 Å². The van der Waals surface area contributed by atoms with Crippen LogP contribution in [0, 0.1) is 5.92 Å². The van der Waals surface area contributed by atoms with Crippen LogP contribution in [0.4, 0.5) is 5.69 Å². The number of sulfonamides is 1. The van der Waals surface area contributed by atoms with Gasteiger partial charge in [-0.05, 0) is 61.1 Å². The number of carbonyl (C=O) groups excluding carboxylic acids is 3. The predicted molar refractivity (Wildman–Crippen MR) is 182 cm³/mol. The van der Waals surface area contributed by atoms with Gasteiger partial charge in [-0.25, -0.2) is 13.4 Å². The number of nitrogens with zero attached hydrogens (tertiary/aromatic N) is 2. The van der Waals surface area contributed by atoms with E-state index in [1.807, 2.05) is 30.3 Å². The Balaban J connectivity index is 1.37. The quantitative estimate of drug-likeness (QED) is 0.142. The molecule has 3 aromatic carbocycles. The summed E-state index contributed by atoms with van der Waals surface area (Å²) in [6, 6.07) is 21.5. The van der Waals surface area contributed by atoms with E-state index in [2.05, 4.69) is 26.3 Å². The van der Waals surface area contributed by atoms with E-state index >= 15 is 0 Å². The second-order valence-electron chi connectivity index (χ2n) is 11.4. The molecule has 246 valence electrons. The molecule has 0 radical (unpaired) electrons. The summed E-state index contributed by atoms with van der Waals surface area (Å²) in [6.45, 7) is 1.27. The van der Waals surface area contributed by atoms with Crippen molar-refractivity contribution < 1.29 is 22.8 Å². The fourth-order valence-electron chi connectivity index (χ4n) is 4.89. The van der Waals surface area contributed by atoms with Crippen LogP contribution in [0.3, 0.4) is 0 Å². The van der Waals surface area contributed by atoms with Crippen LogP contribution in [0.1, 0.15) is 44.1 Å².